The Bertz CT molecular complexity index is 215. The molecule has 3 atom stereocenters. The third-order valence-electron chi connectivity index (χ3n) is 3.17. The van der Waals surface area contributed by atoms with Crippen molar-refractivity contribution in [3.05, 3.63) is 0 Å². The molecule has 0 aliphatic carbocycles. The Morgan fingerprint density at radius 2 is 2.14 bits per heavy atom. The second kappa shape index (κ2) is 4.30. The second-order valence-corrected chi connectivity index (χ2v) is 4.98. The van der Waals surface area contributed by atoms with E-state index in [0.717, 1.165) is 13.0 Å². The molecule has 0 radical (unpaired) electrons. The van der Waals surface area contributed by atoms with Crippen molar-refractivity contribution in [2.45, 2.75) is 33.2 Å². The van der Waals surface area contributed by atoms with Crippen molar-refractivity contribution < 1.29 is 9.90 Å². The molecule has 82 valence electrons. The number of carboxylic acids is 1. The van der Waals surface area contributed by atoms with Crippen LogP contribution in [-0.4, -0.2) is 35.6 Å². The largest absolute Gasteiger partial charge is 0.481 e. The van der Waals surface area contributed by atoms with Crippen LogP contribution in [0.1, 0.15) is 27.2 Å². The highest BCUT2D eigenvalue weighted by Crippen LogP contribution is 2.32. The van der Waals surface area contributed by atoms with Crippen LogP contribution in [0.2, 0.25) is 0 Å². The first-order valence-electron chi connectivity index (χ1n) is 5.36. The fourth-order valence-corrected chi connectivity index (χ4v) is 2.57. The predicted octanol–water partition coefficient (Wildman–Crippen LogP) is 1.68. The van der Waals surface area contributed by atoms with E-state index in [-0.39, 0.29) is 17.9 Å². The molecule has 3 nitrogen and oxygen atoms in total. The molecule has 1 aliphatic rings. The summed E-state index contributed by atoms with van der Waals surface area (Å²) in [6.07, 6.45) is 0.984. The molecule has 0 aromatic rings. The van der Waals surface area contributed by atoms with E-state index in [2.05, 4.69) is 18.7 Å². The molecular weight excluding hydrogens is 178 g/mol. The van der Waals surface area contributed by atoms with Crippen LogP contribution in [0.4, 0.5) is 0 Å². The number of hydrogen-bond acceptors (Lipinski definition) is 2. The Morgan fingerprint density at radius 3 is 2.57 bits per heavy atom. The van der Waals surface area contributed by atoms with Crippen molar-refractivity contribution in [2.24, 2.45) is 17.8 Å². The van der Waals surface area contributed by atoms with Crippen LogP contribution in [0.5, 0.6) is 0 Å². The zero-order valence-corrected chi connectivity index (χ0v) is 9.53. The Morgan fingerprint density at radius 1 is 1.57 bits per heavy atom. The first kappa shape index (κ1) is 11.5. The Kier molecular flexibility index (Phi) is 3.53. The number of carboxylic acid groups (broad SMARTS) is 1. The minimum Gasteiger partial charge on any atom is -0.481 e. The first-order valence-corrected chi connectivity index (χ1v) is 5.36. The molecule has 1 saturated heterocycles. The maximum absolute atomic E-state index is 11.1. The molecule has 1 N–H and O–H groups in total. The van der Waals surface area contributed by atoms with Gasteiger partial charge in [0.25, 0.3) is 0 Å². The van der Waals surface area contributed by atoms with Crippen molar-refractivity contribution in [3.63, 3.8) is 0 Å². The second-order valence-electron chi connectivity index (χ2n) is 4.98. The van der Waals surface area contributed by atoms with Gasteiger partial charge in [-0.25, -0.2) is 0 Å². The molecule has 0 saturated carbocycles. The molecular formula is C11H21NO2. The molecule has 0 amide bonds. The summed E-state index contributed by atoms with van der Waals surface area (Å²) in [5.41, 5.74) is 0. The normalized spacial score (nSPS) is 33.9. The van der Waals surface area contributed by atoms with E-state index in [9.17, 15) is 4.79 Å². The monoisotopic (exact) mass is 199 g/mol. The summed E-state index contributed by atoms with van der Waals surface area (Å²) in [5, 5.41) is 9.16. The van der Waals surface area contributed by atoms with Gasteiger partial charge in [0.15, 0.2) is 0 Å². The van der Waals surface area contributed by atoms with Crippen molar-refractivity contribution >= 4 is 5.97 Å². The van der Waals surface area contributed by atoms with Crippen molar-refractivity contribution in [1.29, 1.82) is 0 Å². The summed E-state index contributed by atoms with van der Waals surface area (Å²) < 4.78 is 0. The molecule has 14 heavy (non-hydrogen) atoms. The lowest BCUT2D eigenvalue weighted by atomic mass is 9.87. The summed E-state index contributed by atoms with van der Waals surface area (Å²) >= 11 is 0. The topological polar surface area (TPSA) is 40.5 Å². The van der Waals surface area contributed by atoms with Gasteiger partial charge in [-0.3, -0.25) is 4.79 Å². The third kappa shape index (κ3) is 2.27. The number of rotatable bonds is 3. The fraction of sp³-hybridized carbons (Fsp3) is 0.909. The standard InChI is InChI=1S/C11H21NO2/c1-7(2)5-9-10(11(13)14)8(3)6-12(9)4/h7-10H,5-6H2,1-4H3,(H,13,14). The smallest absolute Gasteiger partial charge is 0.308 e. The lowest BCUT2D eigenvalue weighted by Crippen LogP contribution is -2.34. The average Bonchev–Trinajstić information content (AvgIpc) is 2.25. The van der Waals surface area contributed by atoms with Gasteiger partial charge in [-0.2, -0.15) is 0 Å². The molecule has 0 spiro atoms. The lowest BCUT2D eigenvalue weighted by molar-refractivity contribution is -0.143. The summed E-state index contributed by atoms with van der Waals surface area (Å²) in [7, 11) is 2.03. The van der Waals surface area contributed by atoms with E-state index >= 15 is 0 Å². The van der Waals surface area contributed by atoms with Gasteiger partial charge in [-0.1, -0.05) is 20.8 Å². The van der Waals surface area contributed by atoms with Crippen LogP contribution in [0.15, 0.2) is 0 Å². The zero-order valence-electron chi connectivity index (χ0n) is 9.53. The van der Waals surface area contributed by atoms with Gasteiger partial charge in [-0.05, 0) is 25.3 Å². The van der Waals surface area contributed by atoms with E-state index in [1.807, 2.05) is 14.0 Å². The van der Waals surface area contributed by atoms with Crippen LogP contribution in [0.25, 0.3) is 0 Å². The number of hydrogen-bond donors (Lipinski definition) is 1. The predicted molar refractivity (Wildman–Crippen MR) is 56.2 cm³/mol. The Labute approximate surface area is 86.1 Å². The summed E-state index contributed by atoms with van der Waals surface area (Å²) in [4.78, 5) is 13.3. The minimum absolute atomic E-state index is 0.178. The van der Waals surface area contributed by atoms with E-state index in [0.29, 0.717) is 5.92 Å². The molecule has 0 aromatic carbocycles. The highest BCUT2D eigenvalue weighted by molar-refractivity contribution is 5.71. The van der Waals surface area contributed by atoms with Crippen molar-refractivity contribution in [3.8, 4) is 0 Å². The highest BCUT2D eigenvalue weighted by atomic mass is 16.4. The van der Waals surface area contributed by atoms with Gasteiger partial charge in [0.1, 0.15) is 0 Å². The summed E-state index contributed by atoms with van der Waals surface area (Å²) in [5.74, 6) is 0.0331. The molecule has 1 aliphatic heterocycles. The van der Waals surface area contributed by atoms with Gasteiger partial charge in [0, 0.05) is 12.6 Å². The lowest BCUT2D eigenvalue weighted by Gasteiger charge is -2.24. The molecule has 1 fully saturated rings. The number of likely N-dealkylation sites (tertiary alicyclic amines) is 1. The fourth-order valence-electron chi connectivity index (χ4n) is 2.57. The van der Waals surface area contributed by atoms with Crippen LogP contribution in [0, 0.1) is 17.8 Å². The van der Waals surface area contributed by atoms with Gasteiger partial charge in [0.2, 0.25) is 0 Å². The van der Waals surface area contributed by atoms with Crippen LogP contribution in [-0.2, 0) is 4.79 Å². The van der Waals surface area contributed by atoms with Gasteiger partial charge >= 0.3 is 5.97 Å². The first-order chi connectivity index (χ1) is 6.43. The number of carbonyl (C=O) groups is 1. The molecule has 0 bridgehead atoms. The quantitative estimate of drug-likeness (QED) is 0.752. The van der Waals surface area contributed by atoms with Gasteiger partial charge < -0.3 is 10.0 Å². The maximum atomic E-state index is 11.1. The molecule has 0 aromatic heterocycles. The number of nitrogens with zero attached hydrogens (tertiary/aromatic N) is 1. The summed E-state index contributed by atoms with van der Waals surface area (Å²) in [6, 6.07) is 0.225. The SMILES string of the molecule is CC(C)CC1C(C(=O)O)C(C)CN1C. The van der Waals surface area contributed by atoms with Gasteiger partial charge in [-0.15, -0.1) is 0 Å². The van der Waals surface area contributed by atoms with Crippen LogP contribution in [0.3, 0.4) is 0 Å². The van der Waals surface area contributed by atoms with Crippen LogP contribution >= 0.6 is 0 Å². The highest BCUT2D eigenvalue weighted by Gasteiger charge is 2.41. The van der Waals surface area contributed by atoms with E-state index in [4.69, 9.17) is 5.11 Å². The average molecular weight is 199 g/mol. The molecule has 3 unspecified atom stereocenters. The molecule has 3 heteroatoms. The van der Waals surface area contributed by atoms with Crippen LogP contribution < -0.4 is 0 Å². The zero-order chi connectivity index (χ0) is 10.9. The van der Waals surface area contributed by atoms with Gasteiger partial charge in [0.05, 0.1) is 5.92 Å². The number of aliphatic carboxylic acids is 1. The third-order valence-corrected chi connectivity index (χ3v) is 3.17. The van der Waals surface area contributed by atoms with E-state index in [1.165, 1.54) is 0 Å². The van der Waals surface area contributed by atoms with E-state index < -0.39 is 5.97 Å². The van der Waals surface area contributed by atoms with Crippen molar-refractivity contribution in [2.75, 3.05) is 13.6 Å². The molecule has 1 rings (SSSR count). The molecule has 1 heterocycles. The Balaban J connectivity index is 2.73. The van der Waals surface area contributed by atoms with E-state index in [1.54, 1.807) is 0 Å². The summed E-state index contributed by atoms with van der Waals surface area (Å²) in [6.45, 7) is 7.25. The maximum Gasteiger partial charge on any atom is 0.308 e. The van der Waals surface area contributed by atoms with Crippen molar-refractivity contribution in [1.82, 2.24) is 4.90 Å². The minimum atomic E-state index is -0.632. The Hall–Kier alpha value is -0.570.